The summed E-state index contributed by atoms with van der Waals surface area (Å²) in [5.74, 6) is 0. The van der Waals surface area contributed by atoms with E-state index in [1.165, 1.54) is 6.07 Å². The highest BCUT2D eigenvalue weighted by Gasteiger charge is 2.12. The van der Waals surface area contributed by atoms with E-state index in [9.17, 15) is 8.42 Å². The summed E-state index contributed by atoms with van der Waals surface area (Å²) in [5.41, 5.74) is 0. The average molecular weight is 270 g/mol. The van der Waals surface area contributed by atoms with Gasteiger partial charge < -0.3 is 10.2 Å². The van der Waals surface area contributed by atoms with Gasteiger partial charge in [-0.25, -0.2) is 4.79 Å². The van der Waals surface area contributed by atoms with Crippen molar-refractivity contribution < 1.29 is 28.0 Å². The Balaban J connectivity index is 0.000000357. The Hall–Kier alpha value is -2.12. The van der Waals surface area contributed by atoms with Crippen LogP contribution in [0, 0.1) is 0 Å². The van der Waals surface area contributed by atoms with Gasteiger partial charge in [0.2, 0.25) is 0 Å². The maximum atomic E-state index is 11.0. The lowest BCUT2D eigenvalue weighted by molar-refractivity contribution is 0.137. The monoisotopic (exact) mass is 270 g/mol. The first kappa shape index (κ1) is 13.9. The molecule has 0 aliphatic carbocycles. The van der Waals surface area contributed by atoms with Crippen molar-refractivity contribution in [3.63, 3.8) is 0 Å². The maximum Gasteiger partial charge on any atom is 0.503 e. The number of carbonyl (C=O) groups is 1. The summed E-state index contributed by atoms with van der Waals surface area (Å²) in [4.78, 5) is 8.51. The fourth-order valence-electron chi connectivity index (χ4n) is 1.42. The van der Waals surface area contributed by atoms with Crippen molar-refractivity contribution in [1.82, 2.24) is 0 Å². The van der Waals surface area contributed by atoms with Crippen LogP contribution in [0.15, 0.2) is 47.4 Å². The number of rotatable bonds is 1. The van der Waals surface area contributed by atoms with E-state index < -0.39 is 16.3 Å². The van der Waals surface area contributed by atoms with E-state index in [1.54, 1.807) is 30.3 Å². The zero-order chi connectivity index (χ0) is 13.8. The van der Waals surface area contributed by atoms with Crippen LogP contribution in [0.4, 0.5) is 4.79 Å². The molecule has 0 aliphatic rings. The lowest BCUT2D eigenvalue weighted by Gasteiger charge is -2.02. The summed E-state index contributed by atoms with van der Waals surface area (Å²) < 4.78 is 31.0. The highest BCUT2D eigenvalue weighted by molar-refractivity contribution is 7.86. The van der Waals surface area contributed by atoms with Crippen molar-refractivity contribution in [1.29, 1.82) is 0 Å². The van der Waals surface area contributed by atoms with E-state index in [1.807, 2.05) is 6.07 Å². The molecule has 6 nitrogen and oxygen atoms in total. The van der Waals surface area contributed by atoms with Gasteiger partial charge >= 0.3 is 6.16 Å². The Morgan fingerprint density at radius 1 is 0.944 bits per heavy atom. The standard InChI is InChI=1S/C10H8O3S.CH2O3/c11-14(12,13)10-7-3-5-8-4-1-2-6-9(8)10;2-1(3)4/h1-7H,(H,11,12,13);(H2,2,3,4). The van der Waals surface area contributed by atoms with Gasteiger partial charge in [-0.1, -0.05) is 36.4 Å². The molecule has 0 unspecified atom stereocenters. The van der Waals surface area contributed by atoms with Crippen LogP contribution in [0.1, 0.15) is 0 Å². The molecule has 18 heavy (non-hydrogen) atoms. The molecule has 0 saturated heterocycles. The predicted octanol–water partition coefficient (Wildman–Crippen LogP) is 2.31. The van der Waals surface area contributed by atoms with Gasteiger partial charge in [0.05, 0.1) is 0 Å². The summed E-state index contributed by atoms with van der Waals surface area (Å²) in [6.07, 6.45) is -1.83. The molecule has 0 heterocycles. The van der Waals surface area contributed by atoms with E-state index >= 15 is 0 Å². The van der Waals surface area contributed by atoms with Crippen LogP contribution in [0.3, 0.4) is 0 Å². The second-order valence-electron chi connectivity index (χ2n) is 3.23. The van der Waals surface area contributed by atoms with E-state index in [-0.39, 0.29) is 4.90 Å². The average Bonchev–Trinajstić information content (AvgIpc) is 2.26. The predicted molar refractivity (Wildman–Crippen MR) is 64.4 cm³/mol. The molecule has 0 bridgehead atoms. The zero-order valence-corrected chi connectivity index (χ0v) is 9.83. The van der Waals surface area contributed by atoms with Gasteiger partial charge in [-0.15, -0.1) is 0 Å². The Labute approximate surface area is 103 Å². The van der Waals surface area contributed by atoms with Crippen molar-refractivity contribution in [3.8, 4) is 0 Å². The summed E-state index contributed by atoms with van der Waals surface area (Å²) in [7, 11) is -4.13. The fraction of sp³-hybridized carbons (Fsp3) is 0. The first-order valence-corrected chi connectivity index (χ1v) is 6.13. The smallest absolute Gasteiger partial charge is 0.450 e. The number of benzene rings is 2. The summed E-state index contributed by atoms with van der Waals surface area (Å²) in [5, 5.41) is 15.3. The molecular formula is C11H10O6S. The van der Waals surface area contributed by atoms with Crippen molar-refractivity contribution in [2.75, 3.05) is 0 Å². The van der Waals surface area contributed by atoms with Crippen LogP contribution < -0.4 is 0 Å². The van der Waals surface area contributed by atoms with Crippen LogP contribution in [0.25, 0.3) is 10.8 Å². The minimum absolute atomic E-state index is 0.0457. The Morgan fingerprint density at radius 2 is 1.44 bits per heavy atom. The zero-order valence-electron chi connectivity index (χ0n) is 9.02. The van der Waals surface area contributed by atoms with E-state index in [2.05, 4.69) is 0 Å². The second kappa shape index (κ2) is 5.48. The minimum atomic E-state index is -4.13. The molecule has 3 N–H and O–H groups in total. The molecule has 0 aromatic heterocycles. The Morgan fingerprint density at radius 3 is 2.00 bits per heavy atom. The molecule has 2 rings (SSSR count). The molecule has 0 saturated carbocycles. The first-order valence-electron chi connectivity index (χ1n) is 4.69. The summed E-state index contributed by atoms with van der Waals surface area (Å²) in [6, 6.07) is 11.8. The molecular weight excluding hydrogens is 260 g/mol. The summed E-state index contributed by atoms with van der Waals surface area (Å²) >= 11 is 0. The summed E-state index contributed by atoms with van der Waals surface area (Å²) in [6.45, 7) is 0. The number of carboxylic acid groups (broad SMARTS) is 2. The molecule has 0 aliphatic heterocycles. The Bertz CT molecular complexity index is 653. The molecule has 2 aromatic carbocycles. The van der Waals surface area contributed by atoms with Gasteiger partial charge in [0.25, 0.3) is 10.1 Å². The normalized spacial score (nSPS) is 10.5. The van der Waals surface area contributed by atoms with Gasteiger partial charge in [-0.3, -0.25) is 4.55 Å². The van der Waals surface area contributed by atoms with Gasteiger partial charge in [0.1, 0.15) is 4.90 Å². The number of hydrogen-bond donors (Lipinski definition) is 3. The van der Waals surface area contributed by atoms with Crippen molar-refractivity contribution >= 4 is 27.0 Å². The minimum Gasteiger partial charge on any atom is -0.450 e. The molecule has 0 fully saturated rings. The third-order valence-corrected chi connectivity index (χ3v) is 2.94. The Kier molecular flexibility index (Phi) is 4.24. The highest BCUT2D eigenvalue weighted by Crippen LogP contribution is 2.21. The quantitative estimate of drug-likeness (QED) is 0.685. The molecule has 7 heteroatoms. The van der Waals surface area contributed by atoms with Gasteiger partial charge in [-0.05, 0) is 11.5 Å². The third kappa shape index (κ3) is 3.72. The maximum absolute atomic E-state index is 11.0. The van der Waals surface area contributed by atoms with Crippen LogP contribution in [-0.2, 0) is 10.1 Å². The lowest BCUT2D eigenvalue weighted by atomic mass is 10.1. The molecule has 0 amide bonds. The van der Waals surface area contributed by atoms with Crippen molar-refractivity contribution in [2.45, 2.75) is 4.90 Å². The van der Waals surface area contributed by atoms with E-state index in [0.29, 0.717) is 5.39 Å². The third-order valence-electron chi connectivity index (χ3n) is 2.03. The van der Waals surface area contributed by atoms with Crippen molar-refractivity contribution in [2.24, 2.45) is 0 Å². The first-order chi connectivity index (χ1) is 8.32. The second-order valence-corrected chi connectivity index (χ2v) is 4.62. The topological polar surface area (TPSA) is 112 Å². The van der Waals surface area contributed by atoms with E-state index in [0.717, 1.165) is 5.39 Å². The molecule has 0 atom stereocenters. The van der Waals surface area contributed by atoms with Gasteiger partial charge in [-0.2, -0.15) is 8.42 Å². The molecule has 0 radical (unpaired) electrons. The largest absolute Gasteiger partial charge is 0.503 e. The molecule has 96 valence electrons. The van der Waals surface area contributed by atoms with Crippen LogP contribution in [-0.4, -0.2) is 29.3 Å². The van der Waals surface area contributed by atoms with Crippen LogP contribution >= 0.6 is 0 Å². The van der Waals surface area contributed by atoms with Gasteiger partial charge in [0.15, 0.2) is 0 Å². The van der Waals surface area contributed by atoms with Crippen molar-refractivity contribution in [3.05, 3.63) is 42.5 Å². The van der Waals surface area contributed by atoms with Gasteiger partial charge in [0, 0.05) is 5.39 Å². The van der Waals surface area contributed by atoms with Crippen LogP contribution in [0.2, 0.25) is 0 Å². The van der Waals surface area contributed by atoms with E-state index in [4.69, 9.17) is 19.6 Å². The van der Waals surface area contributed by atoms with Crippen LogP contribution in [0.5, 0.6) is 0 Å². The lowest BCUT2D eigenvalue weighted by Crippen LogP contribution is -1.98. The molecule has 0 spiro atoms. The number of fused-ring (bicyclic) bond motifs is 1. The number of hydrogen-bond acceptors (Lipinski definition) is 3. The molecule has 2 aromatic rings. The SMILES string of the molecule is O=C(O)O.O=S(=O)(O)c1cccc2ccccc12. The highest BCUT2D eigenvalue weighted by atomic mass is 32.2. The fourth-order valence-corrected chi connectivity index (χ4v) is 2.13.